The predicted molar refractivity (Wildman–Crippen MR) is 256 cm³/mol. The number of anilines is 3. The van der Waals surface area contributed by atoms with Crippen LogP contribution in [0.4, 0.5) is 57.8 Å². The fourth-order valence-corrected chi connectivity index (χ4v) is 7.31. The van der Waals surface area contributed by atoms with Crippen LogP contribution in [-0.2, 0) is 32.2 Å². The van der Waals surface area contributed by atoms with Crippen molar-refractivity contribution in [1.29, 1.82) is 0 Å². The number of hydrogen-bond donors (Lipinski definition) is 1. The van der Waals surface area contributed by atoms with E-state index in [-0.39, 0.29) is 31.2 Å². The minimum atomic E-state index is -4.41. The molecule has 0 aliphatic carbocycles. The normalized spacial score (nSPS) is 15.8. The first kappa shape index (κ1) is 57.6. The minimum Gasteiger partial charge on any atom is -0.444 e. The molecule has 3 saturated heterocycles. The topological polar surface area (TPSA) is 145 Å². The molecule has 0 radical (unpaired) electrons. The number of carbonyl (C=O) groups is 4. The molecule has 0 unspecified atom stereocenters. The number of aliphatic hydroxyl groups excluding tert-OH is 1. The number of alkyl halides is 3. The van der Waals surface area contributed by atoms with Crippen LogP contribution in [0, 0.1) is 17.5 Å². The van der Waals surface area contributed by atoms with Crippen molar-refractivity contribution in [1.82, 2.24) is 14.7 Å². The number of rotatable bonds is 8. The van der Waals surface area contributed by atoms with Gasteiger partial charge in [0.2, 0.25) is 0 Å². The van der Waals surface area contributed by atoms with E-state index < -0.39 is 47.3 Å². The molecule has 71 heavy (non-hydrogen) atoms. The highest BCUT2D eigenvalue weighted by atomic mass is 19.4. The van der Waals surface area contributed by atoms with E-state index in [0.717, 1.165) is 0 Å². The third-order valence-electron chi connectivity index (χ3n) is 10.7. The smallest absolute Gasteiger partial charge is 0.411 e. The first-order chi connectivity index (χ1) is 33.0. The maximum absolute atomic E-state index is 14.3. The Morgan fingerprint density at radius 1 is 0.521 bits per heavy atom. The molecule has 0 saturated carbocycles. The number of ether oxygens (including phenoxy) is 4. The molecule has 0 aromatic heterocycles. The maximum Gasteiger partial charge on any atom is 0.411 e. The van der Waals surface area contributed by atoms with Gasteiger partial charge in [-0.05, 0) is 116 Å². The van der Waals surface area contributed by atoms with Gasteiger partial charge < -0.3 is 53.5 Å². The van der Waals surface area contributed by atoms with Crippen LogP contribution >= 0.6 is 0 Å². The summed E-state index contributed by atoms with van der Waals surface area (Å²) >= 11 is 0. The number of amides is 3. The van der Waals surface area contributed by atoms with Crippen molar-refractivity contribution in [2.45, 2.75) is 98.5 Å². The zero-order valence-corrected chi connectivity index (χ0v) is 42.0. The van der Waals surface area contributed by atoms with Gasteiger partial charge in [-0.3, -0.25) is 4.79 Å². The Kier molecular flexibility index (Phi) is 20.2. The molecule has 6 rings (SSSR count). The fraction of sp³-hybridized carbons (Fsp3) is 0.560. The Morgan fingerprint density at radius 2 is 0.845 bits per heavy atom. The average Bonchev–Trinajstić information content (AvgIpc) is 3.27. The lowest BCUT2D eigenvalue weighted by atomic mass is 10.1. The van der Waals surface area contributed by atoms with Crippen molar-refractivity contribution >= 4 is 41.6 Å². The van der Waals surface area contributed by atoms with Crippen LogP contribution in [0.25, 0.3) is 0 Å². The van der Waals surface area contributed by atoms with Gasteiger partial charge in [0.1, 0.15) is 47.1 Å². The monoisotopic (exact) mass is 1010 g/mol. The molecular formula is C50H68F6N6O9. The zero-order valence-electron chi connectivity index (χ0n) is 42.0. The number of aliphatic hydroxyl groups is 1. The fourth-order valence-electron chi connectivity index (χ4n) is 7.31. The molecule has 3 aliphatic heterocycles. The molecule has 3 aromatic carbocycles. The van der Waals surface area contributed by atoms with E-state index in [9.17, 15) is 45.5 Å². The summed E-state index contributed by atoms with van der Waals surface area (Å²) in [6.07, 6.45) is -4.87. The first-order valence-electron chi connectivity index (χ1n) is 23.3. The van der Waals surface area contributed by atoms with Gasteiger partial charge in [0.05, 0.1) is 30.3 Å². The number of hydrogen-bond acceptors (Lipinski definition) is 12. The summed E-state index contributed by atoms with van der Waals surface area (Å²) in [4.78, 5) is 57.1. The zero-order chi connectivity index (χ0) is 52.9. The highest BCUT2D eigenvalue weighted by Gasteiger charge is 2.31. The number of carbonyl (C=O) groups excluding carboxylic acids is 4. The van der Waals surface area contributed by atoms with Gasteiger partial charge in [0.25, 0.3) is 0 Å². The molecule has 21 heteroatoms. The second kappa shape index (κ2) is 24.9. The lowest BCUT2D eigenvalue weighted by molar-refractivity contribution is -0.176. The molecule has 15 nitrogen and oxygen atoms in total. The first-order valence-corrected chi connectivity index (χ1v) is 23.3. The summed E-state index contributed by atoms with van der Waals surface area (Å²) in [5, 5.41) is 9.01. The Balaban J connectivity index is 0.000000233. The Labute approximate surface area is 412 Å². The Hall–Kier alpha value is -5.96. The third kappa shape index (κ3) is 19.3. The molecule has 0 atom stereocenters. The standard InChI is InChI=1S/C18H24F4N2O3.C16H23FN2O3.C16H21FN2O3/c1-17(2,3)27-16(25)24-8-6-23(7-9-24)15-5-4-13(10-14(15)19)11-26-12-18(20,21)22;2*1-16(2,3)22-15(21)19-8-6-18(7-9-19)14-5-4-12(11-20)10-13(14)17/h4-5,10H,6-9,11-12H2,1-3H3;4-5,10,20H,6-9,11H2,1-3H3;4-5,10-11H,6-9H2,1-3H3. The molecular weight excluding hydrogens is 943 g/mol. The van der Waals surface area contributed by atoms with Crippen LogP contribution < -0.4 is 14.7 Å². The molecule has 394 valence electrons. The molecule has 1 N–H and O–H groups in total. The largest absolute Gasteiger partial charge is 0.444 e. The van der Waals surface area contributed by atoms with E-state index >= 15 is 0 Å². The summed E-state index contributed by atoms with van der Waals surface area (Å²) in [5.74, 6) is -1.30. The van der Waals surface area contributed by atoms with Crippen LogP contribution in [0.3, 0.4) is 0 Å². The summed E-state index contributed by atoms with van der Waals surface area (Å²) in [7, 11) is 0. The van der Waals surface area contributed by atoms with Crippen molar-refractivity contribution in [3.8, 4) is 0 Å². The Morgan fingerprint density at radius 3 is 1.14 bits per heavy atom. The van der Waals surface area contributed by atoms with Gasteiger partial charge in [0.15, 0.2) is 0 Å². The van der Waals surface area contributed by atoms with Gasteiger partial charge >= 0.3 is 24.5 Å². The van der Waals surface area contributed by atoms with Gasteiger partial charge in [0, 0.05) is 84.1 Å². The van der Waals surface area contributed by atoms with Crippen LogP contribution in [0.15, 0.2) is 54.6 Å². The van der Waals surface area contributed by atoms with Crippen molar-refractivity contribution < 1.29 is 69.6 Å². The number of aldehydes is 1. The van der Waals surface area contributed by atoms with Gasteiger partial charge in [-0.25, -0.2) is 27.6 Å². The molecule has 0 bridgehead atoms. The lowest BCUT2D eigenvalue weighted by Crippen LogP contribution is -2.50. The summed E-state index contributed by atoms with van der Waals surface area (Å²) < 4.78 is 99.2. The minimum absolute atomic E-state index is 0.177. The summed E-state index contributed by atoms with van der Waals surface area (Å²) in [6.45, 7) is 20.2. The predicted octanol–water partition coefficient (Wildman–Crippen LogP) is 9.03. The van der Waals surface area contributed by atoms with Crippen LogP contribution in [0.5, 0.6) is 0 Å². The number of nitrogens with zero attached hydrogens (tertiary/aromatic N) is 6. The number of piperazine rings is 3. The molecule has 3 aliphatic rings. The molecule has 0 spiro atoms. The van der Waals surface area contributed by atoms with Gasteiger partial charge in [-0.15, -0.1) is 0 Å². The van der Waals surface area contributed by atoms with E-state index in [1.54, 1.807) is 64.6 Å². The molecule has 3 amide bonds. The van der Waals surface area contributed by atoms with E-state index in [4.69, 9.17) is 19.3 Å². The quantitative estimate of drug-likeness (QED) is 0.131. The Bertz CT molecular complexity index is 2240. The second-order valence-corrected chi connectivity index (χ2v) is 20.0. The van der Waals surface area contributed by atoms with Crippen LogP contribution in [-0.4, -0.2) is 152 Å². The lowest BCUT2D eigenvalue weighted by Gasteiger charge is -2.36. The number of halogens is 6. The molecule has 3 fully saturated rings. The SMILES string of the molecule is CC(C)(C)OC(=O)N1CCN(c2ccc(C=O)cc2F)CC1.CC(C)(C)OC(=O)N1CCN(c2ccc(CO)cc2F)CC1.CC(C)(C)OC(=O)N1CCN(c2ccc(COCC(F)(F)F)cc2F)CC1. The van der Waals surface area contributed by atoms with E-state index in [1.807, 2.05) is 51.3 Å². The van der Waals surface area contributed by atoms with E-state index in [0.29, 0.717) is 119 Å². The van der Waals surface area contributed by atoms with Crippen molar-refractivity contribution in [2.24, 2.45) is 0 Å². The number of benzene rings is 3. The van der Waals surface area contributed by atoms with E-state index in [1.165, 1.54) is 30.3 Å². The average molecular weight is 1010 g/mol. The summed E-state index contributed by atoms with van der Waals surface area (Å²) in [6, 6.07) is 13.4. The van der Waals surface area contributed by atoms with Crippen LogP contribution in [0.1, 0.15) is 83.8 Å². The third-order valence-corrected chi connectivity index (χ3v) is 10.7. The van der Waals surface area contributed by atoms with Crippen LogP contribution in [0.2, 0.25) is 0 Å². The highest BCUT2D eigenvalue weighted by Crippen LogP contribution is 2.26. The van der Waals surface area contributed by atoms with Gasteiger partial charge in [-0.1, -0.05) is 12.1 Å². The van der Waals surface area contributed by atoms with Crippen molar-refractivity contribution in [3.05, 3.63) is 88.7 Å². The maximum atomic E-state index is 14.3. The van der Waals surface area contributed by atoms with E-state index in [2.05, 4.69) is 4.74 Å². The highest BCUT2D eigenvalue weighted by molar-refractivity contribution is 5.76. The summed E-state index contributed by atoms with van der Waals surface area (Å²) in [5.41, 5.74) is 0.875. The second-order valence-electron chi connectivity index (χ2n) is 20.0. The van der Waals surface area contributed by atoms with Crippen molar-refractivity contribution in [3.63, 3.8) is 0 Å². The van der Waals surface area contributed by atoms with Crippen molar-refractivity contribution in [2.75, 3.05) is 99.8 Å². The van der Waals surface area contributed by atoms with Gasteiger partial charge in [-0.2, -0.15) is 13.2 Å². The molecule has 3 heterocycles. The molecule has 3 aromatic rings.